The maximum absolute atomic E-state index is 6.27. The molecule has 0 bridgehead atoms. The molecule has 0 aliphatic heterocycles. The highest BCUT2D eigenvalue weighted by molar-refractivity contribution is 6.07. The minimum absolute atomic E-state index is 0.206. The van der Waals surface area contributed by atoms with Gasteiger partial charge in [-0.15, -0.1) is 0 Å². The van der Waals surface area contributed by atoms with Crippen LogP contribution in [0.4, 0.5) is 5.69 Å². The lowest BCUT2D eigenvalue weighted by Crippen LogP contribution is -2.41. The van der Waals surface area contributed by atoms with Crippen LogP contribution in [0.1, 0.15) is 53.5 Å². The van der Waals surface area contributed by atoms with Crippen molar-refractivity contribution in [1.82, 2.24) is 5.23 Å². The van der Waals surface area contributed by atoms with E-state index in [9.17, 15) is 0 Å². The largest absolute Gasteiger partial charge is 0.398 e. The van der Waals surface area contributed by atoms with Gasteiger partial charge in [0, 0.05) is 17.2 Å². The molecule has 0 saturated carbocycles. The molecule has 2 unspecified atom stereocenters. The highest BCUT2D eigenvalue weighted by Crippen LogP contribution is 2.60. The Morgan fingerprint density at radius 2 is 2.09 bits per heavy atom. The van der Waals surface area contributed by atoms with Crippen molar-refractivity contribution in [3.05, 3.63) is 70.8 Å². The average Bonchev–Trinajstić information content (AvgIpc) is 2.99. The summed E-state index contributed by atoms with van der Waals surface area (Å²) in [4.78, 5) is 0. The van der Waals surface area contributed by atoms with Gasteiger partial charge in [-0.2, -0.15) is 0 Å². The number of nitrogen functional groups attached to an aromatic ring is 1. The summed E-state index contributed by atoms with van der Waals surface area (Å²) in [5.41, 5.74) is 14.8. The quantitative estimate of drug-likeness (QED) is 0.661. The topological polar surface area (TPSA) is 38.0 Å². The van der Waals surface area contributed by atoms with Crippen LogP contribution < -0.4 is 11.0 Å². The van der Waals surface area contributed by atoms with E-state index in [1.165, 1.54) is 22.3 Å². The first-order valence-corrected chi connectivity index (χ1v) is 8.41. The minimum Gasteiger partial charge on any atom is -0.398 e. The molecule has 2 aliphatic rings. The summed E-state index contributed by atoms with van der Waals surface area (Å²) in [6.45, 7) is 8.96. The maximum atomic E-state index is 6.27. The molecule has 0 spiro atoms. The number of rotatable bonds is 2. The second-order valence-corrected chi connectivity index (χ2v) is 7.18. The zero-order valence-electron chi connectivity index (χ0n) is 14.1. The van der Waals surface area contributed by atoms with Crippen molar-refractivity contribution in [2.45, 2.75) is 37.6 Å². The predicted molar refractivity (Wildman–Crippen MR) is 100 cm³/mol. The third-order valence-electron chi connectivity index (χ3n) is 5.84. The van der Waals surface area contributed by atoms with Crippen LogP contribution in [0.25, 0.3) is 5.57 Å². The Hall–Kier alpha value is -2.00. The maximum Gasteiger partial charge on any atom is 0.183 e. The molecule has 2 aliphatic carbocycles. The molecule has 116 valence electrons. The van der Waals surface area contributed by atoms with Crippen LogP contribution in [0, 0.1) is 0 Å². The molecule has 23 heavy (non-hydrogen) atoms. The summed E-state index contributed by atoms with van der Waals surface area (Å²) in [7, 11) is 2.05. The van der Waals surface area contributed by atoms with Gasteiger partial charge in [-0.3, -0.25) is 0 Å². The molecule has 0 heterocycles. The van der Waals surface area contributed by atoms with Crippen LogP contribution in [0.3, 0.4) is 0 Å². The molecule has 0 saturated heterocycles. The van der Waals surface area contributed by atoms with Gasteiger partial charge in [0.05, 0.1) is 5.54 Å². The second-order valence-electron chi connectivity index (χ2n) is 7.18. The minimum atomic E-state index is -0.206. The zero-order chi connectivity index (χ0) is 16.4. The smallest absolute Gasteiger partial charge is 0.183 e. The first-order valence-electron chi connectivity index (χ1n) is 8.41. The summed E-state index contributed by atoms with van der Waals surface area (Å²) in [5, 5.41) is 3.61. The summed E-state index contributed by atoms with van der Waals surface area (Å²) in [6, 6.07) is 13.2. The lowest BCUT2D eigenvalue weighted by atomic mass is 9.80. The SMILES string of the molecule is BNC12C(=C)c3c(N)cccc3C1Cc1cc(C(C)C)ccc12. The van der Waals surface area contributed by atoms with Gasteiger partial charge in [-0.05, 0) is 46.2 Å². The number of fused-ring (bicyclic) bond motifs is 5. The van der Waals surface area contributed by atoms with E-state index in [4.69, 9.17) is 5.73 Å². The number of anilines is 1. The van der Waals surface area contributed by atoms with Gasteiger partial charge in [0.25, 0.3) is 0 Å². The molecule has 0 radical (unpaired) electrons. The third kappa shape index (κ3) is 1.69. The number of hydrogen-bond acceptors (Lipinski definition) is 2. The highest BCUT2D eigenvalue weighted by atomic mass is 14.9. The van der Waals surface area contributed by atoms with E-state index < -0.39 is 0 Å². The molecule has 2 aromatic rings. The van der Waals surface area contributed by atoms with E-state index in [2.05, 4.69) is 56.0 Å². The Morgan fingerprint density at radius 1 is 1.30 bits per heavy atom. The number of benzene rings is 2. The molecule has 3 N–H and O–H groups in total. The van der Waals surface area contributed by atoms with Gasteiger partial charge in [0.1, 0.15) is 0 Å². The molecular formula is C20H23BN2. The second kappa shape index (κ2) is 4.75. The Kier molecular flexibility index (Phi) is 3.01. The molecule has 2 atom stereocenters. The Morgan fingerprint density at radius 3 is 2.78 bits per heavy atom. The standard InChI is InChI=1S/C20H23BN2/c1-11(2)13-7-8-16-14(9-13)10-17-15-5-4-6-18(22)19(15)12(3)20(16,17)23-21/h4-9,11,17,23H,3,10,21-22H2,1-2H3. The molecular weight excluding hydrogens is 279 g/mol. The van der Waals surface area contributed by atoms with Crippen molar-refractivity contribution in [3.8, 4) is 0 Å². The van der Waals surface area contributed by atoms with Crippen molar-refractivity contribution >= 4 is 19.2 Å². The van der Waals surface area contributed by atoms with Crippen molar-refractivity contribution in [2.75, 3.05) is 5.73 Å². The van der Waals surface area contributed by atoms with E-state index in [0.717, 1.165) is 23.2 Å². The van der Waals surface area contributed by atoms with Crippen molar-refractivity contribution < 1.29 is 0 Å². The van der Waals surface area contributed by atoms with Gasteiger partial charge in [0.15, 0.2) is 7.98 Å². The average molecular weight is 302 g/mol. The summed E-state index contributed by atoms with van der Waals surface area (Å²) < 4.78 is 0. The van der Waals surface area contributed by atoms with Crippen LogP contribution >= 0.6 is 0 Å². The molecule has 4 rings (SSSR count). The van der Waals surface area contributed by atoms with Crippen molar-refractivity contribution in [1.29, 1.82) is 0 Å². The van der Waals surface area contributed by atoms with Crippen LogP contribution in [0.5, 0.6) is 0 Å². The van der Waals surface area contributed by atoms with Crippen molar-refractivity contribution in [2.24, 2.45) is 0 Å². The van der Waals surface area contributed by atoms with Crippen LogP contribution in [0.2, 0.25) is 0 Å². The fourth-order valence-electron chi connectivity index (χ4n) is 4.69. The highest BCUT2D eigenvalue weighted by Gasteiger charge is 2.54. The fraction of sp³-hybridized carbons (Fsp3) is 0.300. The summed E-state index contributed by atoms with van der Waals surface area (Å²) in [5.74, 6) is 0.938. The van der Waals surface area contributed by atoms with E-state index >= 15 is 0 Å². The molecule has 3 heteroatoms. The van der Waals surface area contributed by atoms with E-state index in [1.807, 2.05) is 14.0 Å². The molecule has 2 aromatic carbocycles. The predicted octanol–water partition coefficient (Wildman–Crippen LogP) is 3.09. The number of nitrogens with one attached hydrogen (secondary N) is 1. The van der Waals surface area contributed by atoms with E-state index in [-0.39, 0.29) is 5.54 Å². The zero-order valence-corrected chi connectivity index (χ0v) is 14.1. The Labute approximate surface area is 139 Å². The first kappa shape index (κ1) is 14.6. The lowest BCUT2D eigenvalue weighted by molar-refractivity contribution is 0.476. The van der Waals surface area contributed by atoms with E-state index in [0.29, 0.717) is 11.8 Å². The molecule has 2 nitrogen and oxygen atoms in total. The van der Waals surface area contributed by atoms with Crippen LogP contribution in [-0.2, 0) is 12.0 Å². The Balaban J connectivity index is 1.94. The fourth-order valence-corrected chi connectivity index (χ4v) is 4.69. The van der Waals surface area contributed by atoms with E-state index in [1.54, 1.807) is 0 Å². The third-order valence-corrected chi connectivity index (χ3v) is 5.84. The van der Waals surface area contributed by atoms with Gasteiger partial charge in [-0.1, -0.05) is 50.8 Å². The van der Waals surface area contributed by atoms with Gasteiger partial charge in [-0.25, -0.2) is 0 Å². The van der Waals surface area contributed by atoms with Gasteiger partial charge in [0.2, 0.25) is 0 Å². The number of hydrogen-bond donors (Lipinski definition) is 2. The first-order chi connectivity index (χ1) is 11.0. The Bertz CT molecular complexity index is 824. The van der Waals surface area contributed by atoms with Crippen LogP contribution in [-0.4, -0.2) is 7.98 Å². The van der Waals surface area contributed by atoms with Gasteiger partial charge >= 0.3 is 0 Å². The monoisotopic (exact) mass is 302 g/mol. The van der Waals surface area contributed by atoms with Crippen molar-refractivity contribution in [3.63, 3.8) is 0 Å². The molecule has 0 aromatic heterocycles. The van der Waals surface area contributed by atoms with Crippen LogP contribution in [0.15, 0.2) is 43.0 Å². The number of nitrogens with two attached hydrogens (primary N) is 1. The summed E-state index contributed by atoms with van der Waals surface area (Å²) >= 11 is 0. The molecule has 0 amide bonds. The normalized spacial score (nSPS) is 24.7. The lowest BCUT2D eigenvalue weighted by Gasteiger charge is -2.33. The van der Waals surface area contributed by atoms with Gasteiger partial charge < -0.3 is 11.0 Å². The molecule has 0 fully saturated rings. The summed E-state index contributed by atoms with van der Waals surface area (Å²) in [6.07, 6.45) is 1.05.